The Morgan fingerprint density at radius 2 is 2.12 bits per heavy atom. The first-order valence-electron chi connectivity index (χ1n) is 4.34. The second-order valence-corrected chi connectivity index (χ2v) is 2.80. The number of hydrogen-bond donors (Lipinski definition) is 1. The highest BCUT2D eigenvalue weighted by Gasteiger charge is 2.12. The van der Waals surface area contributed by atoms with E-state index in [1.165, 1.54) is 19.2 Å². The molecule has 1 aromatic carbocycles. The second kappa shape index (κ2) is 4.97. The second-order valence-electron chi connectivity index (χ2n) is 2.80. The number of benzene rings is 1. The number of ether oxygens (including phenoxy) is 2. The number of phenols is 1. The zero-order valence-electron chi connectivity index (χ0n) is 8.60. The van der Waals surface area contributed by atoms with Crippen molar-refractivity contribution in [1.29, 1.82) is 0 Å². The summed E-state index contributed by atoms with van der Waals surface area (Å²) >= 11 is 0. The third kappa shape index (κ3) is 2.60. The van der Waals surface area contributed by atoms with Crippen molar-refractivity contribution < 1.29 is 24.2 Å². The van der Waals surface area contributed by atoms with Crippen LogP contribution in [-0.4, -0.2) is 24.2 Å². The van der Waals surface area contributed by atoms with E-state index in [0.29, 0.717) is 0 Å². The molecule has 1 rings (SSSR count). The van der Waals surface area contributed by atoms with Gasteiger partial charge in [0, 0.05) is 12.1 Å². The van der Waals surface area contributed by atoms with Gasteiger partial charge in [0.2, 0.25) is 0 Å². The van der Waals surface area contributed by atoms with Gasteiger partial charge in [0.05, 0.1) is 7.11 Å². The van der Waals surface area contributed by atoms with Gasteiger partial charge in [0.1, 0.15) is 17.1 Å². The minimum Gasteiger partial charge on any atom is -0.507 e. The van der Waals surface area contributed by atoms with Crippen LogP contribution in [0.25, 0.3) is 0 Å². The fourth-order valence-electron chi connectivity index (χ4n) is 1.02. The normalized spacial score (nSPS) is 9.31. The first-order valence-corrected chi connectivity index (χ1v) is 4.34. The smallest absolute Gasteiger partial charge is 0.341 e. The van der Waals surface area contributed by atoms with E-state index in [1.54, 1.807) is 0 Å². The number of carbonyl (C=O) groups excluding carboxylic acids is 2. The molecule has 0 saturated carbocycles. The van der Waals surface area contributed by atoms with Crippen LogP contribution in [0.2, 0.25) is 0 Å². The SMILES string of the molecule is C=CC(=O)Oc1ccc(C(=O)OC)c(O)c1. The minimum atomic E-state index is -0.668. The Kier molecular flexibility index (Phi) is 3.66. The summed E-state index contributed by atoms with van der Waals surface area (Å²) in [6.45, 7) is 3.23. The molecule has 0 radical (unpaired) electrons. The monoisotopic (exact) mass is 222 g/mol. The van der Waals surface area contributed by atoms with Crippen molar-refractivity contribution in [2.45, 2.75) is 0 Å². The molecule has 0 heterocycles. The number of rotatable bonds is 3. The molecule has 0 atom stereocenters. The number of aromatic hydroxyl groups is 1. The van der Waals surface area contributed by atoms with Crippen molar-refractivity contribution in [1.82, 2.24) is 0 Å². The topological polar surface area (TPSA) is 72.8 Å². The van der Waals surface area contributed by atoms with Gasteiger partial charge in [-0.2, -0.15) is 0 Å². The highest BCUT2D eigenvalue weighted by molar-refractivity contribution is 5.92. The van der Waals surface area contributed by atoms with Crippen LogP contribution in [0.5, 0.6) is 11.5 Å². The van der Waals surface area contributed by atoms with Gasteiger partial charge in [0.25, 0.3) is 0 Å². The van der Waals surface area contributed by atoms with Gasteiger partial charge in [-0.05, 0) is 12.1 Å². The summed E-state index contributed by atoms with van der Waals surface area (Å²) < 4.78 is 9.18. The Hall–Kier alpha value is -2.30. The number of hydrogen-bond acceptors (Lipinski definition) is 5. The Labute approximate surface area is 91.9 Å². The lowest BCUT2D eigenvalue weighted by Gasteiger charge is -2.05. The van der Waals surface area contributed by atoms with Gasteiger partial charge in [-0.1, -0.05) is 6.58 Å². The molecule has 5 heteroatoms. The van der Waals surface area contributed by atoms with Crippen molar-refractivity contribution in [2.75, 3.05) is 7.11 Å². The van der Waals surface area contributed by atoms with Crippen LogP contribution in [0.3, 0.4) is 0 Å². The van der Waals surface area contributed by atoms with Crippen LogP contribution >= 0.6 is 0 Å². The fourth-order valence-corrected chi connectivity index (χ4v) is 1.02. The zero-order chi connectivity index (χ0) is 12.1. The molecule has 16 heavy (non-hydrogen) atoms. The van der Waals surface area contributed by atoms with E-state index in [2.05, 4.69) is 11.3 Å². The van der Waals surface area contributed by atoms with Gasteiger partial charge in [-0.15, -0.1) is 0 Å². The number of phenolic OH excluding ortho intramolecular Hbond substituents is 1. The lowest BCUT2D eigenvalue weighted by molar-refractivity contribution is -0.128. The zero-order valence-corrected chi connectivity index (χ0v) is 8.60. The Balaban J connectivity index is 2.95. The lowest BCUT2D eigenvalue weighted by Crippen LogP contribution is -2.05. The predicted molar refractivity (Wildman–Crippen MR) is 55.3 cm³/mol. The van der Waals surface area contributed by atoms with Crippen molar-refractivity contribution in [2.24, 2.45) is 0 Å². The molecule has 0 aromatic heterocycles. The van der Waals surface area contributed by atoms with Crippen molar-refractivity contribution in [3.63, 3.8) is 0 Å². The summed E-state index contributed by atoms with van der Waals surface area (Å²) in [6, 6.07) is 3.81. The van der Waals surface area contributed by atoms with Gasteiger partial charge >= 0.3 is 11.9 Å². The van der Waals surface area contributed by atoms with Crippen molar-refractivity contribution >= 4 is 11.9 Å². The maximum absolute atomic E-state index is 11.1. The van der Waals surface area contributed by atoms with Gasteiger partial charge < -0.3 is 14.6 Å². The molecular formula is C11H10O5. The van der Waals surface area contributed by atoms with E-state index in [0.717, 1.165) is 12.1 Å². The average molecular weight is 222 g/mol. The molecule has 84 valence electrons. The summed E-state index contributed by atoms with van der Waals surface area (Å²) in [5, 5.41) is 9.46. The van der Waals surface area contributed by atoms with E-state index in [1.807, 2.05) is 0 Å². The van der Waals surface area contributed by atoms with Crippen LogP contribution in [0.1, 0.15) is 10.4 Å². The maximum Gasteiger partial charge on any atom is 0.341 e. The van der Waals surface area contributed by atoms with E-state index < -0.39 is 11.9 Å². The minimum absolute atomic E-state index is 0.000835. The molecule has 5 nitrogen and oxygen atoms in total. The largest absolute Gasteiger partial charge is 0.507 e. The predicted octanol–water partition coefficient (Wildman–Crippen LogP) is 1.27. The molecule has 0 amide bonds. The van der Waals surface area contributed by atoms with Crippen molar-refractivity contribution in [3.05, 3.63) is 36.4 Å². The molecule has 0 unspecified atom stereocenters. The van der Waals surface area contributed by atoms with E-state index >= 15 is 0 Å². The number of esters is 2. The van der Waals surface area contributed by atoms with E-state index in [4.69, 9.17) is 4.74 Å². The molecule has 0 aliphatic rings. The summed E-state index contributed by atoms with van der Waals surface area (Å²) in [5.74, 6) is -1.51. The highest BCUT2D eigenvalue weighted by atomic mass is 16.5. The summed E-state index contributed by atoms with van der Waals surface area (Å²) in [4.78, 5) is 22.0. The van der Waals surface area contributed by atoms with Crippen LogP contribution in [-0.2, 0) is 9.53 Å². The van der Waals surface area contributed by atoms with Crippen LogP contribution in [0.4, 0.5) is 0 Å². The fraction of sp³-hybridized carbons (Fsp3) is 0.0909. The molecule has 1 N–H and O–H groups in total. The third-order valence-electron chi connectivity index (χ3n) is 1.76. The standard InChI is InChI=1S/C11H10O5/c1-3-10(13)16-7-4-5-8(9(12)6-7)11(14)15-2/h3-6,12H,1H2,2H3. The molecule has 0 aliphatic carbocycles. The number of carbonyl (C=O) groups is 2. The third-order valence-corrected chi connectivity index (χ3v) is 1.76. The Bertz CT molecular complexity index is 436. The molecular weight excluding hydrogens is 212 g/mol. The molecule has 0 aliphatic heterocycles. The van der Waals surface area contributed by atoms with Crippen LogP contribution < -0.4 is 4.74 Å². The van der Waals surface area contributed by atoms with Crippen LogP contribution in [0.15, 0.2) is 30.9 Å². The Morgan fingerprint density at radius 3 is 2.62 bits per heavy atom. The molecule has 0 spiro atoms. The molecule has 0 bridgehead atoms. The highest BCUT2D eigenvalue weighted by Crippen LogP contribution is 2.24. The van der Waals surface area contributed by atoms with E-state index in [9.17, 15) is 14.7 Å². The summed E-state index contributed by atoms with van der Waals surface area (Å²) in [7, 11) is 1.20. The van der Waals surface area contributed by atoms with E-state index in [-0.39, 0.29) is 17.1 Å². The van der Waals surface area contributed by atoms with Crippen LogP contribution in [0, 0.1) is 0 Å². The lowest BCUT2D eigenvalue weighted by atomic mass is 10.2. The average Bonchev–Trinajstić information content (AvgIpc) is 2.28. The summed E-state index contributed by atoms with van der Waals surface area (Å²) in [6.07, 6.45) is 0.991. The van der Waals surface area contributed by atoms with Gasteiger partial charge in [-0.3, -0.25) is 0 Å². The first kappa shape index (κ1) is 11.8. The first-order chi connectivity index (χ1) is 7.58. The van der Waals surface area contributed by atoms with Crippen molar-refractivity contribution in [3.8, 4) is 11.5 Å². The number of methoxy groups -OCH3 is 1. The molecule has 1 aromatic rings. The quantitative estimate of drug-likeness (QED) is 0.473. The van der Waals surface area contributed by atoms with Gasteiger partial charge in [0.15, 0.2) is 0 Å². The molecule has 0 saturated heterocycles. The molecule has 0 fully saturated rings. The summed E-state index contributed by atoms with van der Waals surface area (Å²) in [5.41, 5.74) is 0.000835. The Morgan fingerprint density at radius 1 is 1.44 bits per heavy atom. The maximum atomic E-state index is 11.1. The van der Waals surface area contributed by atoms with Gasteiger partial charge in [-0.25, -0.2) is 9.59 Å².